The van der Waals surface area contributed by atoms with Gasteiger partial charge < -0.3 is 75.8 Å². The first-order valence-electron chi connectivity index (χ1n) is 21.4. The number of anilines is 3. The van der Waals surface area contributed by atoms with E-state index in [0.29, 0.717) is 0 Å². The summed E-state index contributed by atoms with van der Waals surface area (Å²) in [5, 5.41) is 43.3. The number of aryl methyl sites for hydroxylation is 1. The molecule has 0 aliphatic carbocycles. The predicted molar refractivity (Wildman–Crippen MR) is 243 cm³/mol. The Hall–Kier alpha value is -5.11. The number of nitrogen functional groups attached to an aromatic ring is 3. The molecule has 3 saturated heterocycles. The fourth-order valence-electron chi connectivity index (χ4n) is 8.42. The number of aromatic nitrogens is 12. The van der Waals surface area contributed by atoms with Crippen molar-refractivity contribution in [1.29, 1.82) is 0 Å². The molecule has 3 aliphatic rings. The summed E-state index contributed by atoms with van der Waals surface area (Å²) in [4.78, 5) is 84.8. The number of phosphoric acid groups is 3. The van der Waals surface area contributed by atoms with Crippen LogP contribution in [0.25, 0.3) is 33.5 Å². The molecule has 0 radical (unpaired) electrons. The number of hydrogen-bond donors (Lipinski definition) is 12. The van der Waals surface area contributed by atoms with Crippen LogP contribution in [-0.2, 0) is 71.0 Å². The first kappa shape index (κ1) is 54.7. The number of aliphatic hydroxyl groups excluding tert-OH is 4. The van der Waals surface area contributed by atoms with E-state index in [1.165, 1.54) is 28.8 Å². The lowest BCUT2D eigenvalue weighted by Gasteiger charge is -2.27. The van der Waals surface area contributed by atoms with Gasteiger partial charge in [-0.25, -0.2) is 38.2 Å². The summed E-state index contributed by atoms with van der Waals surface area (Å²) in [5.41, 5.74) is 15.7. The lowest BCUT2D eigenvalue weighted by Crippen LogP contribution is -2.46. The van der Waals surface area contributed by atoms with Crippen molar-refractivity contribution in [2.75, 3.05) is 50.8 Å². The Labute approximate surface area is 416 Å². The van der Waals surface area contributed by atoms with Crippen LogP contribution in [0.1, 0.15) is 18.7 Å². The maximum atomic E-state index is 14.1. The Morgan fingerprint density at radius 1 is 0.693 bits per heavy atom. The fourth-order valence-corrected chi connectivity index (χ4v) is 13.1. The van der Waals surface area contributed by atoms with Crippen molar-refractivity contribution in [3.63, 3.8) is 0 Å². The Balaban J connectivity index is 0.848. The third-order valence-electron chi connectivity index (χ3n) is 11.7. The molecule has 0 spiro atoms. The summed E-state index contributed by atoms with van der Waals surface area (Å²) >= 11 is 0. The molecule has 3 aliphatic heterocycles. The van der Waals surface area contributed by atoms with Crippen LogP contribution in [0.15, 0.2) is 34.9 Å². The van der Waals surface area contributed by atoms with Gasteiger partial charge in [-0.1, -0.05) is 4.98 Å². The average Bonchev–Trinajstić information content (AvgIpc) is 4.17. The fraction of sp³-hybridized carbons (Fsp3) is 0.545. The van der Waals surface area contributed by atoms with Crippen molar-refractivity contribution < 1.29 is 104 Å². The van der Waals surface area contributed by atoms with Gasteiger partial charge in [0.25, 0.3) is 17.1 Å². The molecule has 9 heterocycles. The number of nitrogens with zero attached hydrogens (tertiary/aromatic N) is 10. The van der Waals surface area contributed by atoms with Gasteiger partial charge >= 0.3 is 36.7 Å². The van der Waals surface area contributed by atoms with Crippen LogP contribution in [0.3, 0.4) is 0 Å². The molecular weight excluding hydrogens is 1100 g/mol. The number of ether oxygens (including phenoxy) is 4. The number of phosphoric ester groups is 2. The van der Waals surface area contributed by atoms with Gasteiger partial charge in [-0.2, -0.15) is 13.6 Å². The highest BCUT2D eigenvalue weighted by atomic mass is 31.3. The lowest BCUT2D eigenvalue weighted by molar-refractivity contribution is -0.745. The van der Waals surface area contributed by atoms with Crippen molar-refractivity contribution in [3.05, 3.63) is 46.0 Å². The van der Waals surface area contributed by atoms with Gasteiger partial charge in [0.1, 0.15) is 66.8 Å². The molecule has 3 unspecified atom stereocenters. The number of imidazole rings is 3. The van der Waals surface area contributed by atoms with Crippen molar-refractivity contribution >= 4 is 82.3 Å². The van der Waals surface area contributed by atoms with Crippen LogP contribution in [-0.4, -0.2) is 177 Å². The lowest BCUT2D eigenvalue weighted by atomic mass is 10.1. The standard InChI is InChI=1S/C33H45N15O23P4/c1-45-10-48(26-16(45)28(54)44-33(36)42-26)30-20(52)18(50)12(67-30)5-64-73(56,57)70-75(60,61)71-74(58,59)65-6-13-21(62-2)22(31(68-13)46-8-39-14-23(34)37-7-38-24(14)46)69-72(3,55)63-4-11-17(49)19(51)29(66-11)47-9-40-15-25(47)41-32(35)43-27(15)53/h7-13,17-22,29-31,49-52H,4-6H2,1-3H3,(H10-,34,35,36,37,38,41,42,43,44,53,54,56,57,58,59,60,61)/p+1/t11-,12-,13-,17-,18-,19-,20-,21-,22-,29-,30-,31-,72+/m1/s1. The zero-order valence-electron chi connectivity index (χ0n) is 38.5. The molecule has 3 fully saturated rings. The van der Waals surface area contributed by atoms with Gasteiger partial charge in [0, 0.05) is 13.8 Å². The zero-order chi connectivity index (χ0) is 54.3. The van der Waals surface area contributed by atoms with Crippen LogP contribution in [0.5, 0.6) is 0 Å². The van der Waals surface area contributed by atoms with Crippen LogP contribution in [0.2, 0.25) is 0 Å². The van der Waals surface area contributed by atoms with Crippen molar-refractivity contribution in [2.24, 2.45) is 7.05 Å². The van der Waals surface area contributed by atoms with E-state index < -0.39 is 136 Å². The Kier molecular flexibility index (Phi) is 14.8. The molecule has 0 bridgehead atoms. The number of hydrogen-bond acceptors (Lipinski definition) is 29. The van der Waals surface area contributed by atoms with E-state index in [1.807, 2.05) is 0 Å². The maximum Gasteiger partial charge on any atom is 0.490 e. The highest BCUT2D eigenvalue weighted by Gasteiger charge is 2.53. The molecule has 75 heavy (non-hydrogen) atoms. The normalized spacial score (nSPS) is 30.5. The van der Waals surface area contributed by atoms with E-state index in [1.54, 1.807) is 0 Å². The van der Waals surface area contributed by atoms with Crippen LogP contribution in [0.4, 0.5) is 17.7 Å². The van der Waals surface area contributed by atoms with E-state index >= 15 is 0 Å². The van der Waals surface area contributed by atoms with Gasteiger partial charge in [-0.3, -0.25) is 51.4 Å². The molecule has 6 aromatic rings. The van der Waals surface area contributed by atoms with E-state index in [0.717, 1.165) is 35.6 Å². The van der Waals surface area contributed by atoms with Crippen molar-refractivity contribution in [1.82, 2.24) is 53.6 Å². The molecule has 0 aromatic carbocycles. The third kappa shape index (κ3) is 10.9. The number of nitrogens with one attached hydrogen (secondary N) is 2. The van der Waals surface area contributed by atoms with Crippen LogP contribution < -0.4 is 32.9 Å². The minimum absolute atomic E-state index is 0.0106. The molecule has 6 aromatic heterocycles. The molecule has 9 rings (SSSR count). The number of rotatable bonds is 19. The molecule has 38 nitrogen and oxygen atoms in total. The highest BCUT2D eigenvalue weighted by molar-refractivity contribution is 7.66. The smallest absolute Gasteiger partial charge is 0.387 e. The number of fused-ring (bicyclic) bond motifs is 3. The molecule has 410 valence electrons. The largest absolute Gasteiger partial charge is 0.490 e. The zero-order valence-corrected chi connectivity index (χ0v) is 42.1. The molecule has 0 saturated carbocycles. The van der Waals surface area contributed by atoms with E-state index in [-0.39, 0.29) is 51.2 Å². The molecule has 15 N–H and O–H groups in total. The van der Waals surface area contributed by atoms with Crippen LogP contribution >= 0.6 is 31.1 Å². The Morgan fingerprint density at radius 2 is 1.27 bits per heavy atom. The summed E-state index contributed by atoms with van der Waals surface area (Å²) < 4.78 is 111. The summed E-state index contributed by atoms with van der Waals surface area (Å²) in [7, 11) is -19.6. The van der Waals surface area contributed by atoms with Gasteiger partial charge in [0.15, 0.2) is 41.4 Å². The second-order valence-corrected chi connectivity index (χ2v) is 23.4. The number of aromatic amines is 2. The Bertz CT molecular complexity index is 3470. The average molecular weight is 1140 g/mol. The SMILES string of the molecule is CO[C@H]1[C@@H](O[P@@](C)(=O)OC[C@H]2O[C@@H](n3cnc4c(=O)[nH]c(N)nc43)[C@H](O)[C@@H]2O)[C@H](n2cnc3c(N)ncnc32)O[C@@H]1COP(=O)(O)OP(=O)(O)OP(=O)(O)OC[C@H]1O[C@@H]([n+]2cn(C)c3c(=O)[nH]c(N)nc32)[C@H](O)[C@@H]1O. The number of nitrogens with two attached hydrogens (primary N) is 3. The van der Waals surface area contributed by atoms with Gasteiger partial charge in [-0.05, 0) is 0 Å². The monoisotopic (exact) mass is 1140 g/mol. The van der Waals surface area contributed by atoms with Crippen molar-refractivity contribution in [2.45, 2.75) is 73.6 Å². The first-order valence-corrected chi connectivity index (χ1v) is 27.9. The van der Waals surface area contributed by atoms with E-state index in [9.17, 15) is 63.0 Å². The molecule has 42 heteroatoms. The maximum absolute atomic E-state index is 14.1. The summed E-state index contributed by atoms with van der Waals surface area (Å²) in [6, 6.07) is 0. The molecule has 16 atom stereocenters. The topological polar surface area (TPSA) is 542 Å². The first-order chi connectivity index (χ1) is 35.2. The number of methoxy groups -OCH3 is 1. The minimum Gasteiger partial charge on any atom is -0.387 e. The van der Waals surface area contributed by atoms with Crippen molar-refractivity contribution in [3.8, 4) is 0 Å². The van der Waals surface area contributed by atoms with E-state index in [4.69, 9.17) is 54.2 Å². The quantitative estimate of drug-likeness (QED) is 0.0272. The minimum atomic E-state index is -6.13. The van der Waals surface area contributed by atoms with Gasteiger partial charge in [0.2, 0.25) is 17.7 Å². The second-order valence-electron chi connectivity index (χ2n) is 16.8. The second kappa shape index (κ2) is 20.4. The summed E-state index contributed by atoms with van der Waals surface area (Å²) in [5.74, 6) is -0.647. The van der Waals surface area contributed by atoms with Gasteiger partial charge in [0.05, 0.1) is 39.5 Å². The van der Waals surface area contributed by atoms with Gasteiger partial charge in [-0.15, -0.1) is 0 Å². The molecular formula is C33H46N15O23P4+. The van der Waals surface area contributed by atoms with Crippen LogP contribution in [0, 0.1) is 0 Å². The molecule has 0 amide bonds. The summed E-state index contributed by atoms with van der Waals surface area (Å²) in [6.45, 7) is -1.90. The highest BCUT2D eigenvalue weighted by Crippen LogP contribution is 2.68. The third-order valence-corrected chi connectivity index (χ3v) is 17.2. The number of H-pyrrole nitrogens is 2. The summed E-state index contributed by atoms with van der Waals surface area (Å²) in [6.07, 6.45) is -14.4. The predicted octanol–water partition coefficient (Wildman–Crippen LogP) is -3.99. The number of aliphatic hydroxyl groups is 4. The van der Waals surface area contributed by atoms with E-state index in [2.05, 4.69) is 48.5 Å². The Morgan fingerprint density at radius 3 is 1.95 bits per heavy atom.